The molecule has 0 radical (unpaired) electrons. The third-order valence-corrected chi connectivity index (χ3v) is 9.57. The Bertz CT molecular complexity index is 1930. The van der Waals surface area contributed by atoms with Crippen LogP contribution in [0, 0.1) is 0 Å². The fourth-order valence-corrected chi connectivity index (χ4v) is 6.67. The summed E-state index contributed by atoms with van der Waals surface area (Å²) < 4.78 is 1.28. The van der Waals surface area contributed by atoms with Crippen molar-refractivity contribution in [3.8, 4) is 5.69 Å². The number of piperidine rings is 2. The van der Waals surface area contributed by atoms with Crippen molar-refractivity contribution in [2.75, 3.05) is 42.1 Å². The Labute approximate surface area is 309 Å². The lowest BCUT2D eigenvalue weighted by Gasteiger charge is -2.40. The number of aromatic nitrogens is 4. The number of benzene rings is 3. The van der Waals surface area contributed by atoms with Gasteiger partial charge >= 0.3 is 23.8 Å². The zero-order chi connectivity index (χ0) is 37.3. The SMILES string of the molecule is O=C(Nc1cc(Cl)ccc1-n1cnnn1)C(=O)N[C@@H](Cc1ccc(NC(=O)N2CCC(N3CCCCC3)CC2)cc1)C(=O)Nc1ccc(C(=O)O)cc1. The molecule has 5 amide bonds. The second-order valence-corrected chi connectivity index (χ2v) is 13.4. The summed E-state index contributed by atoms with van der Waals surface area (Å²) in [5.41, 5.74) is 2.00. The smallest absolute Gasteiger partial charge is 0.335 e. The second-order valence-electron chi connectivity index (χ2n) is 12.9. The molecule has 3 heterocycles. The summed E-state index contributed by atoms with van der Waals surface area (Å²) in [6, 6.07) is 16.0. The van der Waals surface area contributed by atoms with E-state index in [9.17, 15) is 29.1 Å². The van der Waals surface area contributed by atoms with Gasteiger partial charge in [-0.05, 0) is 109 Å². The van der Waals surface area contributed by atoms with Crippen LogP contribution in [0.5, 0.6) is 0 Å². The number of rotatable bonds is 10. The molecule has 5 N–H and O–H groups in total. The van der Waals surface area contributed by atoms with Crippen LogP contribution in [0.1, 0.15) is 48.0 Å². The van der Waals surface area contributed by atoms with E-state index in [4.69, 9.17) is 11.6 Å². The third kappa shape index (κ3) is 9.72. The molecule has 2 aliphatic rings. The zero-order valence-electron chi connectivity index (χ0n) is 28.7. The minimum absolute atomic E-state index is 0.0245. The number of carbonyl (C=O) groups excluding carboxylic acids is 4. The van der Waals surface area contributed by atoms with Crippen LogP contribution >= 0.6 is 11.6 Å². The number of urea groups is 1. The number of nitrogens with one attached hydrogen (secondary N) is 4. The fraction of sp³-hybridized carbons (Fsp3) is 0.333. The molecule has 17 heteroatoms. The van der Waals surface area contributed by atoms with Crippen molar-refractivity contribution in [1.29, 1.82) is 0 Å². The first-order valence-corrected chi connectivity index (χ1v) is 17.7. The predicted molar refractivity (Wildman–Crippen MR) is 196 cm³/mol. The van der Waals surface area contributed by atoms with Crippen molar-refractivity contribution in [3.63, 3.8) is 0 Å². The lowest BCUT2D eigenvalue weighted by Crippen LogP contribution is -2.49. The van der Waals surface area contributed by atoms with Gasteiger partial charge in [0, 0.05) is 41.9 Å². The van der Waals surface area contributed by atoms with Crippen molar-refractivity contribution >= 4 is 58.4 Å². The summed E-state index contributed by atoms with van der Waals surface area (Å²) in [4.78, 5) is 68.6. The topological polar surface area (TPSA) is 204 Å². The first-order valence-electron chi connectivity index (χ1n) is 17.3. The molecule has 6 rings (SSSR count). The van der Waals surface area contributed by atoms with E-state index in [1.807, 2.05) is 4.90 Å². The molecule has 2 saturated heterocycles. The Morgan fingerprint density at radius 3 is 2.15 bits per heavy atom. The highest BCUT2D eigenvalue weighted by Gasteiger charge is 2.29. The molecular formula is C36H39ClN10O6. The van der Waals surface area contributed by atoms with Crippen molar-refractivity contribution in [3.05, 3.63) is 89.2 Å². The number of aromatic carboxylic acids is 1. The number of carbonyl (C=O) groups is 5. The van der Waals surface area contributed by atoms with Crippen LogP contribution in [0.3, 0.4) is 0 Å². The number of hydrogen-bond acceptors (Lipinski definition) is 9. The molecule has 4 aromatic rings. The van der Waals surface area contributed by atoms with Crippen molar-refractivity contribution < 1.29 is 29.1 Å². The van der Waals surface area contributed by atoms with Gasteiger partial charge in [0.1, 0.15) is 12.4 Å². The molecule has 0 saturated carbocycles. The molecule has 0 unspecified atom stereocenters. The van der Waals surface area contributed by atoms with E-state index in [0.717, 1.165) is 25.9 Å². The van der Waals surface area contributed by atoms with E-state index >= 15 is 0 Å². The van der Waals surface area contributed by atoms with Gasteiger partial charge in [0.15, 0.2) is 0 Å². The van der Waals surface area contributed by atoms with Crippen LogP contribution < -0.4 is 21.3 Å². The molecule has 276 valence electrons. The van der Waals surface area contributed by atoms with Crippen LogP contribution in [-0.2, 0) is 20.8 Å². The van der Waals surface area contributed by atoms with Gasteiger partial charge in [0.25, 0.3) is 0 Å². The molecule has 2 aliphatic heterocycles. The molecular weight excluding hydrogens is 704 g/mol. The number of tetrazole rings is 1. The summed E-state index contributed by atoms with van der Waals surface area (Å²) in [5.74, 6) is -3.97. The largest absolute Gasteiger partial charge is 0.478 e. The van der Waals surface area contributed by atoms with Gasteiger partial charge < -0.3 is 36.2 Å². The normalized spacial score (nSPS) is 15.6. The Kier molecular flexibility index (Phi) is 11.9. The minimum Gasteiger partial charge on any atom is -0.478 e. The van der Waals surface area contributed by atoms with Crippen molar-refractivity contribution in [2.24, 2.45) is 0 Å². The van der Waals surface area contributed by atoms with E-state index < -0.39 is 29.7 Å². The average molecular weight is 743 g/mol. The quantitative estimate of drug-likeness (QED) is 0.149. The van der Waals surface area contributed by atoms with Gasteiger partial charge in [-0.3, -0.25) is 14.4 Å². The van der Waals surface area contributed by atoms with Gasteiger partial charge in [-0.2, -0.15) is 4.68 Å². The second kappa shape index (κ2) is 17.1. The van der Waals surface area contributed by atoms with Crippen LogP contribution in [-0.4, -0.2) is 103 Å². The van der Waals surface area contributed by atoms with Crippen LogP contribution in [0.4, 0.5) is 21.9 Å². The molecule has 53 heavy (non-hydrogen) atoms. The Balaban J connectivity index is 1.11. The molecule has 0 spiro atoms. The summed E-state index contributed by atoms with van der Waals surface area (Å²) in [6.45, 7) is 3.64. The molecule has 16 nitrogen and oxygen atoms in total. The lowest BCUT2D eigenvalue weighted by molar-refractivity contribution is -0.137. The van der Waals surface area contributed by atoms with Crippen molar-refractivity contribution in [2.45, 2.75) is 50.6 Å². The van der Waals surface area contributed by atoms with E-state index in [-0.39, 0.29) is 34.4 Å². The van der Waals surface area contributed by atoms with E-state index in [2.05, 4.69) is 41.7 Å². The summed E-state index contributed by atoms with van der Waals surface area (Å²) in [7, 11) is 0. The van der Waals surface area contributed by atoms with Gasteiger partial charge in [0.2, 0.25) is 5.91 Å². The molecule has 0 aliphatic carbocycles. The maximum absolute atomic E-state index is 13.5. The number of nitrogens with zero attached hydrogens (tertiary/aromatic N) is 6. The van der Waals surface area contributed by atoms with Gasteiger partial charge in [-0.15, -0.1) is 5.10 Å². The highest BCUT2D eigenvalue weighted by molar-refractivity contribution is 6.40. The first kappa shape index (κ1) is 36.9. The van der Waals surface area contributed by atoms with Gasteiger partial charge in [0.05, 0.1) is 16.9 Å². The number of likely N-dealkylation sites (tertiary alicyclic amines) is 2. The predicted octanol–water partition coefficient (Wildman–Crippen LogP) is 3.80. The van der Waals surface area contributed by atoms with Gasteiger partial charge in [-0.1, -0.05) is 30.2 Å². The Morgan fingerprint density at radius 1 is 0.811 bits per heavy atom. The standard InChI is InChI=1S/C36H39ClN10O6/c37-25-8-13-31(47-22-38-43-44-47)29(21-25)41-33(49)34(50)42-30(32(48)39-26-11-6-24(7-12-26)35(51)52)20-23-4-9-27(10-5-23)40-36(53)46-18-14-28(15-19-46)45-16-2-1-3-17-45/h4-13,21-22,28,30H,1-3,14-20H2,(H,39,48)(H,40,53)(H,41,49)(H,42,50)(H,51,52)/t30-/m0/s1. The highest BCUT2D eigenvalue weighted by Crippen LogP contribution is 2.24. The maximum Gasteiger partial charge on any atom is 0.335 e. The molecule has 1 atom stereocenters. The monoisotopic (exact) mass is 742 g/mol. The number of amides is 5. The van der Waals surface area contributed by atoms with E-state index in [1.54, 1.807) is 36.4 Å². The highest BCUT2D eigenvalue weighted by atomic mass is 35.5. The summed E-state index contributed by atoms with van der Waals surface area (Å²) in [6.07, 6.45) is 6.94. The molecule has 2 fully saturated rings. The maximum atomic E-state index is 13.5. The van der Waals surface area contributed by atoms with Crippen molar-refractivity contribution in [1.82, 2.24) is 35.3 Å². The number of hydrogen-bond donors (Lipinski definition) is 5. The van der Waals surface area contributed by atoms with Crippen LogP contribution in [0.15, 0.2) is 73.1 Å². The Hall–Kier alpha value is -5.87. The van der Waals surface area contributed by atoms with Gasteiger partial charge in [-0.25, -0.2) is 9.59 Å². The van der Waals surface area contributed by atoms with Crippen LogP contribution in [0.25, 0.3) is 5.69 Å². The Morgan fingerprint density at radius 2 is 1.49 bits per heavy atom. The van der Waals surface area contributed by atoms with E-state index in [1.165, 1.54) is 60.6 Å². The fourth-order valence-electron chi connectivity index (χ4n) is 6.50. The molecule has 3 aromatic carbocycles. The lowest BCUT2D eigenvalue weighted by atomic mass is 10.00. The number of carboxylic acids is 1. The number of carboxylic acid groups (broad SMARTS) is 1. The zero-order valence-corrected chi connectivity index (χ0v) is 29.5. The molecule has 0 bridgehead atoms. The molecule has 1 aromatic heterocycles. The third-order valence-electron chi connectivity index (χ3n) is 9.33. The first-order chi connectivity index (χ1) is 25.6. The minimum atomic E-state index is -1.24. The number of anilines is 3. The summed E-state index contributed by atoms with van der Waals surface area (Å²) >= 11 is 6.15. The average Bonchev–Trinajstić information content (AvgIpc) is 3.71. The van der Waals surface area contributed by atoms with Crippen LogP contribution in [0.2, 0.25) is 5.02 Å². The summed E-state index contributed by atoms with van der Waals surface area (Å²) in [5, 5.41) is 31.1. The number of halogens is 1. The van der Waals surface area contributed by atoms with E-state index in [0.29, 0.717) is 36.1 Å².